The molecule has 0 spiro atoms. The highest BCUT2D eigenvalue weighted by molar-refractivity contribution is 7.90. The Morgan fingerprint density at radius 3 is 2.68 bits per heavy atom. The molecule has 1 fully saturated rings. The van der Waals surface area contributed by atoms with Gasteiger partial charge in [-0.15, -0.1) is 4.40 Å². The first-order valence-corrected chi connectivity index (χ1v) is 9.94. The van der Waals surface area contributed by atoms with E-state index in [0.717, 1.165) is 19.3 Å². The van der Waals surface area contributed by atoms with E-state index in [1.54, 1.807) is 17.2 Å². The molecule has 25 heavy (non-hydrogen) atoms. The van der Waals surface area contributed by atoms with Crippen LogP contribution in [-0.2, 0) is 19.6 Å². The molecular weight excluding hydrogens is 346 g/mol. The summed E-state index contributed by atoms with van der Waals surface area (Å²) < 4.78 is 27.2. The van der Waals surface area contributed by atoms with Gasteiger partial charge in [-0.3, -0.25) is 9.59 Å². The standard InChI is InChI=1S/C16H21N3O5S/c20-14(17-11-16(15(21)22)6-2-1-3-7-16)12-5-4-8-19-9-10-25(23,24)18-13(12)19/h4-5,8H,1-3,6-7,9-11H2,(H,17,20)(H,21,22). The Morgan fingerprint density at radius 2 is 2.00 bits per heavy atom. The molecule has 0 aromatic carbocycles. The molecule has 0 radical (unpaired) electrons. The maximum Gasteiger partial charge on any atom is 0.311 e. The zero-order valence-electron chi connectivity index (χ0n) is 13.8. The Hall–Kier alpha value is -2.16. The van der Waals surface area contributed by atoms with Crippen LogP contribution in [0, 0.1) is 5.41 Å². The quantitative estimate of drug-likeness (QED) is 0.753. The molecule has 1 amide bonds. The third-order valence-electron chi connectivity index (χ3n) is 4.95. The van der Waals surface area contributed by atoms with Crippen LogP contribution in [0.25, 0.3) is 0 Å². The average molecular weight is 367 g/mol. The molecule has 2 N–H and O–H groups in total. The summed E-state index contributed by atoms with van der Waals surface area (Å²) in [6.45, 7) is 0.267. The topological polar surface area (TPSA) is 116 Å². The number of amides is 1. The molecule has 0 bridgehead atoms. The Morgan fingerprint density at radius 1 is 1.28 bits per heavy atom. The molecule has 0 aromatic rings. The van der Waals surface area contributed by atoms with Crippen LogP contribution in [0.5, 0.6) is 0 Å². The Bertz CT molecular complexity index is 776. The number of sulfonamides is 1. The van der Waals surface area contributed by atoms with Gasteiger partial charge in [0.05, 0.1) is 16.7 Å². The second-order valence-corrected chi connectivity index (χ2v) is 8.40. The summed E-state index contributed by atoms with van der Waals surface area (Å²) in [6.07, 6.45) is 8.54. The zero-order chi connectivity index (χ0) is 18.1. The first kappa shape index (κ1) is 17.7. The molecule has 2 heterocycles. The van der Waals surface area contributed by atoms with E-state index >= 15 is 0 Å². The van der Waals surface area contributed by atoms with Gasteiger partial charge in [0.1, 0.15) is 0 Å². The molecule has 2 aliphatic heterocycles. The van der Waals surface area contributed by atoms with Gasteiger partial charge in [-0.2, -0.15) is 0 Å². The first-order chi connectivity index (χ1) is 11.8. The fraction of sp³-hybridized carbons (Fsp3) is 0.562. The number of allylic oxidation sites excluding steroid dienone is 2. The second kappa shape index (κ2) is 6.62. The molecule has 1 saturated carbocycles. The molecule has 0 aromatic heterocycles. The van der Waals surface area contributed by atoms with Crippen LogP contribution in [0.3, 0.4) is 0 Å². The molecule has 136 valence electrons. The van der Waals surface area contributed by atoms with E-state index in [-0.39, 0.29) is 30.3 Å². The normalized spacial score (nSPS) is 23.9. The van der Waals surface area contributed by atoms with Crippen LogP contribution in [-0.4, -0.2) is 55.0 Å². The molecule has 3 aliphatic rings. The summed E-state index contributed by atoms with van der Waals surface area (Å²) in [5.74, 6) is -1.40. The lowest BCUT2D eigenvalue weighted by atomic mass is 9.74. The fourth-order valence-electron chi connectivity index (χ4n) is 3.43. The minimum atomic E-state index is -3.58. The van der Waals surface area contributed by atoms with Gasteiger partial charge >= 0.3 is 5.97 Å². The Labute approximate surface area is 146 Å². The van der Waals surface area contributed by atoms with E-state index in [2.05, 4.69) is 9.71 Å². The summed E-state index contributed by atoms with van der Waals surface area (Å²) in [4.78, 5) is 25.9. The maximum absolute atomic E-state index is 12.6. The monoisotopic (exact) mass is 367 g/mol. The number of carbonyl (C=O) groups is 2. The van der Waals surface area contributed by atoms with Gasteiger partial charge < -0.3 is 15.3 Å². The molecular formula is C16H21N3O5S. The lowest BCUT2D eigenvalue weighted by Gasteiger charge is -2.34. The SMILES string of the molecule is O=C(NCC1(C(=O)O)CCCCC1)C1=CC=CN2CCS(=O)(=O)N=C12. The number of nitrogens with zero attached hydrogens (tertiary/aromatic N) is 2. The van der Waals surface area contributed by atoms with Crippen molar-refractivity contribution in [3.05, 3.63) is 23.9 Å². The highest BCUT2D eigenvalue weighted by Crippen LogP contribution is 2.36. The van der Waals surface area contributed by atoms with Crippen molar-refractivity contribution in [1.82, 2.24) is 10.2 Å². The number of rotatable bonds is 4. The Balaban J connectivity index is 1.76. The van der Waals surface area contributed by atoms with E-state index in [1.165, 1.54) is 6.08 Å². The van der Waals surface area contributed by atoms with Crippen LogP contribution in [0.4, 0.5) is 0 Å². The van der Waals surface area contributed by atoms with Crippen LogP contribution < -0.4 is 5.32 Å². The molecule has 8 nitrogen and oxygen atoms in total. The number of carboxylic acids is 1. The van der Waals surface area contributed by atoms with Crippen LogP contribution in [0.1, 0.15) is 32.1 Å². The van der Waals surface area contributed by atoms with E-state index in [9.17, 15) is 23.1 Å². The molecule has 9 heteroatoms. The van der Waals surface area contributed by atoms with Crippen LogP contribution in [0.2, 0.25) is 0 Å². The molecule has 0 saturated heterocycles. The molecule has 0 unspecified atom stereocenters. The summed E-state index contributed by atoms with van der Waals surface area (Å²) in [5, 5.41) is 12.3. The van der Waals surface area contributed by atoms with Crippen molar-refractivity contribution in [3.63, 3.8) is 0 Å². The van der Waals surface area contributed by atoms with Gasteiger partial charge in [0, 0.05) is 19.3 Å². The third kappa shape index (κ3) is 3.60. The first-order valence-electron chi connectivity index (χ1n) is 8.33. The minimum absolute atomic E-state index is 0.0300. The summed E-state index contributed by atoms with van der Waals surface area (Å²) in [6, 6.07) is 0. The lowest BCUT2D eigenvalue weighted by molar-refractivity contribution is -0.150. The molecule has 1 aliphatic carbocycles. The lowest BCUT2D eigenvalue weighted by Crippen LogP contribution is -2.47. The zero-order valence-corrected chi connectivity index (χ0v) is 14.6. The minimum Gasteiger partial charge on any atom is -0.481 e. The maximum atomic E-state index is 12.6. The third-order valence-corrected chi connectivity index (χ3v) is 6.10. The average Bonchev–Trinajstić information content (AvgIpc) is 2.59. The van der Waals surface area contributed by atoms with Gasteiger partial charge in [-0.25, -0.2) is 8.42 Å². The fourth-order valence-corrected chi connectivity index (χ4v) is 4.42. The number of carbonyl (C=O) groups excluding carboxylic acids is 1. The smallest absolute Gasteiger partial charge is 0.311 e. The number of amidine groups is 1. The van der Waals surface area contributed by atoms with Gasteiger partial charge in [0.2, 0.25) is 0 Å². The molecule has 0 atom stereocenters. The predicted molar refractivity (Wildman–Crippen MR) is 91.3 cm³/mol. The summed E-state index contributed by atoms with van der Waals surface area (Å²) in [5.41, 5.74) is -0.804. The Kier molecular flexibility index (Phi) is 4.68. The van der Waals surface area contributed by atoms with Crippen molar-refractivity contribution in [2.24, 2.45) is 9.81 Å². The number of carboxylic acid groups (broad SMARTS) is 1. The number of hydrogen-bond donors (Lipinski definition) is 2. The summed E-state index contributed by atoms with van der Waals surface area (Å²) in [7, 11) is -3.58. The van der Waals surface area contributed by atoms with Gasteiger partial charge in [-0.1, -0.05) is 19.3 Å². The van der Waals surface area contributed by atoms with E-state index < -0.39 is 27.3 Å². The second-order valence-electron chi connectivity index (χ2n) is 6.65. The van der Waals surface area contributed by atoms with E-state index in [1.807, 2.05) is 0 Å². The van der Waals surface area contributed by atoms with Gasteiger partial charge in [0.15, 0.2) is 5.84 Å². The number of nitrogens with one attached hydrogen (secondary N) is 1. The van der Waals surface area contributed by atoms with Crippen molar-refractivity contribution in [2.45, 2.75) is 32.1 Å². The largest absolute Gasteiger partial charge is 0.481 e. The van der Waals surface area contributed by atoms with Crippen molar-refractivity contribution < 1.29 is 23.1 Å². The number of hydrogen-bond acceptors (Lipinski definition) is 5. The highest BCUT2D eigenvalue weighted by atomic mass is 32.2. The summed E-state index contributed by atoms with van der Waals surface area (Å²) >= 11 is 0. The van der Waals surface area contributed by atoms with Crippen molar-refractivity contribution in [3.8, 4) is 0 Å². The molecule has 3 rings (SSSR count). The van der Waals surface area contributed by atoms with Gasteiger partial charge in [-0.05, 0) is 25.0 Å². The van der Waals surface area contributed by atoms with Crippen LogP contribution in [0.15, 0.2) is 28.3 Å². The highest BCUT2D eigenvalue weighted by Gasteiger charge is 2.40. The number of fused-ring (bicyclic) bond motifs is 1. The van der Waals surface area contributed by atoms with Gasteiger partial charge in [0.25, 0.3) is 15.9 Å². The predicted octanol–water partition coefficient (Wildman–Crippen LogP) is 0.635. The van der Waals surface area contributed by atoms with E-state index in [0.29, 0.717) is 12.8 Å². The van der Waals surface area contributed by atoms with E-state index in [4.69, 9.17) is 0 Å². The van der Waals surface area contributed by atoms with Crippen molar-refractivity contribution in [1.29, 1.82) is 0 Å². The van der Waals surface area contributed by atoms with Crippen molar-refractivity contribution in [2.75, 3.05) is 18.8 Å². The van der Waals surface area contributed by atoms with Crippen molar-refractivity contribution >= 4 is 27.7 Å². The number of aliphatic carboxylic acids is 1. The van der Waals surface area contributed by atoms with Crippen LogP contribution >= 0.6 is 0 Å².